The van der Waals surface area contributed by atoms with Gasteiger partial charge < -0.3 is 5.32 Å². The second-order valence-electron chi connectivity index (χ2n) is 2.48. The third kappa shape index (κ3) is 6.92. The minimum Gasteiger partial charge on any atom is -0.362 e. The zero-order valence-electron chi connectivity index (χ0n) is 8.61. The molecule has 0 heterocycles. The summed E-state index contributed by atoms with van der Waals surface area (Å²) in [7, 11) is 0. The van der Waals surface area contributed by atoms with E-state index in [9.17, 15) is 0 Å². The van der Waals surface area contributed by atoms with E-state index in [1.54, 1.807) is 12.2 Å². The lowest BCUT2D eigenvalue weighted by Gasteiger charge is -1.97. The van der Waals surface area contributed by atoms with Crippen molar-refractivity contribution >= 4 is 0 Å². The maximum Gasteiger partial charge on any atom is 0.0373 e. The zero-order chi connectivity index (χ0) is 10.6. The lowest BCUT2D eigenvalue weighted by Crippen LogP contribution is -2.00. The molecule has 0 unspecified atom stereocenters. The van der Waals surface area contributed by atoms with Crippen LogP contribution in [0.5, 0.6) is 0 Å². The van der Waals surface area contributed by atoms with Crippen LogP contribution in [0.1, 0.15) is 6.92 Å². The van der Waals surface area contributed by atoms with E-state index in [0.717, 1.165) is 5.70 Å². The topological polar surface area (TPSA) is 12.0 Å². The second kappa shape index (κ2) is 9.33. The average molecular weight is 187 g/mol. The summed E-state index contributed by atoms with van der Waals surface area (Å²) in [5, 5.41) is 3.09. The summed E-state index contributed by atoms with van der Waals surface area (Å²) in [6.45, 7) is 9.24. The highest BCUT2D eigenvalue weighted by Crippen LogP contribution is 1.91. The van der Waals surface area contributed by atoms with Gasteiger partial charge >= 0.3 is 0 Å². The molecule has 0 aromatic heterocycles. The first-order chi connectivity index (χ1) is 6.85. The Labute approximate surface area is 86.5 Å². The summed E-state index contributed by atoms with van der Waals surface area (Å²) in [5.74, 6) is 0. The van der Waals surface area contributed by atoms with Gasteiger partial charge in [-0.05, 0) is 25.2 Å². The number of hydrogen-bond donors (Lipinski definition) is 1. The molecule has 1 heteroatoms. The minimum atomic E-state index is 0.964. The van der Waals surface area contributed by atoms with E-state index in [2.05, 4.69) is 18.5 Å². The Morgan fingerprint density at radius 2 is 1.86 bits per heavy atom. The molecule has 0 atom stereocenters. The molecular weight excluding hydrogens is 170 g/mol. The highest BCUT2D eigenvalue weighted by atomic mass is 14.8. The van der Waals surface area contributed by atoms with Crippen LogP contribution in [0.4, 0.5) is 0 Å². The minimum absolute atomic E-state index is 0.964. The maximum atomic E-state index is 3.70. The summed E-state index contributed by atoms with van der Waals surface area (Å²) in [5.41, 5.74) is 0.964. The van der Waals surface area contributed by atoms with Crippen LogP contribution in [0.3, 0.4) is 0 Å². The van der Waals surface area contributed by atoms with Crippen molar-refractivity contribution in [1.82, 2.24) is 5.32 Å². The van der Waals surface area contributed by atoms with E-state index < -0.39 is 0 Å². The van der Waals surface area contributed by atoms with Crippen molar-refractivity contribution in [3.8, 4) is 0 Å². The molecule has 0 aliphatic heterocycles. The van der Waals surface area contributed by atoms with Gasteiger partial charge in [0.15, 0.2) is 0 Å². The Bertz CT molecular complexity index is 278. The summed E-state index contributed by atoms with van der Waals surface area (Å²) in [6.07, 6.45) is 16.9. The van der Waals surface area contributed by atoms with Gasteiger partial charge in [0.1, 0.15) is 0 Å². The van der Waals surface area contributed by atoms with Gasteiger partial charge in [0.2, 0.25) is 0 Å². The Balaban J connectivity index is 4.07. The van der Waals surface area contributed by atoms with Gasteiger partial charge in [-0.25, -0.2) is 0 Å². The molecule has 0 aliphatic carbocycles. The van der Waals surface area contributed by atoms with Crippen molar-refractivity contribution in [1.29, 1.82) is 0 Å². The molecule has 0 aromatic carbocycles. The van der Waals surface area contributed by atoms with E-state index in [-0.39, 0.29) is 0 Å². The molecule has 0 aromatic rings. The van der Waals surface area contributed by atoms with Crippen LogP contribution in [-0.4, -0.2) is 0 Å². The van der Waals surface area contributed by atoms with Gasteiger partial charge in [-0.2, -0.15) is 0 Å². The van der Waals surface area contributed by atoms with Crippen LogP contribution in [0.25, 0.3) is 0 Å². The molecule has 0 bridgehead atoms. The van der Waals surface area contributed by atoms with Crippen LogP contribution in [0.15, 0.2) is 73.7 Å². The third-order valence-electron chi connectivity index (χ3n) is 1.39. The summed E-state index contributed by atoms with van der Waals surface area (Å²) < 4.78 is 0. The molecule has 0 spiro atoms. The molecule has 14 heavy (non-hydrogen) atoms. The summed E-state index contributed by atoms with van der Waals surface area (Å²) in [4.78, 5) is 0. The molecule has 1 N–H and O–H groups in total. The highest BCUT2D eigenvalue weighted by Gasteiger charge is 1.80. The Morgan fingerprint density at radius 1 is 1.07 bits per heavy atom. The van der Waals surface area contributed by atoms with Crippen molar-refractivity contribution in [2.45, 2.75) is 6.92 Å². The van der Waals surface area contributed by atoms with Crippen molar-refractivity contribution in [3.05, 3.63) is 73.7 Å². The molecule has 0 saturated carbocycles. The molecule has 0 rings (SSSR count). The first-order valence-corrected chi connectivity index (χ1v) is 4.51. The van der Waals surface area contributed by atoms with Crippen molar-refractivity contribution in [3.63, 3.8) is 0 Å². The number of nitrogens with one attached hydrogen (secondary N) is 1. The zero-order valence-corrected chi connectivity index (χ0v) is 8.61. The van der Waals surface area contributed by atoms with Crippen LogP contribution in [-0.2, 0) is 0 Å². The van der Waals surface area contributed by atoms with Gasteiger partial charge in [0.25, 0.3) is 0 Å². The van der Waals surface area contributed by atoms with Crippen LogP contribution in [0.2, 0.25) is 0 Å². The average Bonchev–Trinajstić information content (AvgIpc) is 2.22. The first-order valence-electron chi connectivity index (χ1n) is 4.51. The van der Waals surface area contributed by atoms with Crippen LogP contribution >= 0.6 is 0 Å². The van der Waals surface area contributed by atoms with Gasteiger partial charge in [-0.15, -0.1) is 0 Å². The number of rotatable bonds is 6. The molecule has 0 saturated heterocycles. The van der Waals surface area contributed by atoms with E-state index in [0.29, 0.717) is 0 Å². The quantitative estimate of drug-likeness (QED) is 0.628. The Morgan fingerprint density at radius 3 is 2.43 bits per heavy atom. The van der Waals surface area contributed by atoms with Gasteiger partial charge in [0, 0.05) is 11.9 Å². The monoisotopic (exact) mass is 187 g/mol. The fourth-order valence-corrected chi connectivity index (χ4v) is 0.718. The summed E-state index contributed by atoms with van der Waals surface area (Å²) in [6, 6.07) is 0. The molecule has 0 amide bonds. The molecule has 0 radical (unpaired) electrons. The predicted octanol–water partition coefficient (Wildman–Crippen LogP) is 3.48. The Hall–Kier alpha value is -1.76. The summed E-state index contributed by atoms with van der Waals surface area (Å²) >= 11 is 0. The van der Waals surface area contributed by atoms with Gasteiger partial charge in [-0.3, -0.25) is 0 Å². The van der Waals surface area contributed by atoms with Crippen molar-refractivity contribution in [2.24, 2.45) is 0 Å². The third-order valence-corrected chi connectivity index (χ3v) is 1.39. The fraction of sp³-hybridized carbons (Fsp3) is 0.0769. The SMILES string of the molecule is C=C/C=C\C=C/N/C(C=C)=C/C=C\C. The lowest BCUT2D eigenvalue weighted by atomic mass is 10.3. The number of hydrogen-bond acceptors (Lipinski definition) is 1. The van der Waals surface area contributed by atoms with Crippen molar-refractivity contribution in [2.75, 3.05) is 0 Å². The molecule has 1 nitrogen and oxygen atoms in total. The van der Waals surface area contributed by atoms with Gasteiger partial charge in [0.05, 0.1) is 0 Å². The largest absolute Gasteiger partial charge is 0.362 e. The molecule has 0 aliphatic rings. The molecule has 74 valence electrons. The van der Waals surface area contributed by atoms with Gasteiger partial charge in [-0.1, -0.05) is 43.5 Å². The maximum absolute atomic E-state index is 3.70. The Kier molecular flexibility index (Phi) is 8.16. The second-order valence-corrected chi connectivity index (χ2v) is 2.48. The van der Waals surface area contributed by atoms with Crippen LogP contribution in [0, 0.1) is 0 Å². The first kappa shape index (κ1) is 12.2. The molecular formula is C13H17N. The lowest BCUT2D eigenvalue weighted by molar-refractivity contribution is 1.11. The van der Waals surface area contributed by atoms with E-state index in [4.69, 9.17) is 0 Å². The van der Waals surface area contributed by atoms with Crippen LogP contribution < -0.4 is 5.32 Å². The van der Waals surface area contributed by atoms with E-state index >= 15 is 0 Å². The van der Waals surface area contributed by atoms with E-state index in [1.807, 2.05) is 49.6 Å². The normalized spacial score (nSPS) is 12.8. The highest BCUT2D eigenvalue weighted by molar-refractivity contribution is 5.22. The standard InChI is InChI=1S/C13H17N/c1-4-7-9-10-12-14-13(6-3)11-8-5-2/h4-12,14H,1,3H2,2H3/b8-5-,9-7-,12-10-,13-11+. The van der Waals surface area contributed by atoms with Crippen molar-refractivity contribution < 1.29 is 0 Å². The van der Waals surface area contributed by atoms with E-state index in [1.165, 1.54) is 0 Å². The molecule has 0 fully saturated rings. The smallest absolute Gasteiger partial charge is 0.0373 e. The predicted molar refractivity (Wildman–Crippen MR) is 64.7 cm³/mol. The fourth-order valence-electron chi connectivity index (χ4n) is 0.718. The number of allylic oxidation sites excluding steroid dienone is 8.